The van der Waals surface area contributed by atoms with Crippen molar-refractivity contribution in [2.75, 3.05) is 18.4 Å². The van der Waals surface area contributed by atoms with Crippen molar-refractivity contribution >= 4 is 34.8 Å². The van der Waals surface area contributed by atoms with Gasteiger partial charge in [-0.3, -0.25) is 9.69 Å². The number of likely N-dealkylation sites (tertiary alicyclic amines) is 1. The summed E-state index contributed by atoms with van der Waals surface area (Å²) >= 11 is 11.5. The molecule has 2 aliphatic carbocycles. The smallest absolute Gasteiger partial charge is 0.246 e. The average Bonchev–Trinajstić information content (AvgIpc) is 3.52. The number of halogens is 4. The predicted octanol–water partition coefficient (Wildman–Crippen LogP) is 5.45. The van der Waals surface area contributed by atoms with Crippen LogP contribution in [0.3, 0.4) is 0 Å². The molecular formula is C21H20Cl2F2N2O. The molecule has 1 N–H and O–H groups in total. The van der Waals surface area contributed by atoms with Crippen LogP contribution in [0.5, 0.6) is 0 Å². The molecule has 1 amide bonds. The molecule has 3 aliphatic rings. The van der Waals surface area contributed by atoms with Gasteiger partial charge in [-0.05, 0) is 49.1 Å². The minimum absolute atomic E-state index is 0.114. The fourth-order valence-corrected chi connectivity index (χ4v) is 4.49. The van der Waals surface area contributed by atoms with Gasteiger partial charge in [-0.15, -0.1) is 0 Å². The molecule has 7 heteroatoms. The lowest BCUT2D eigenvalue weighted by molar-refractivity contribution is -0.127. The molecule has 148 valence electrons. The van der Waals surface area contributed by atoms with E-state index < -0.39 is 23.1 Å². The minimum Gasteiger partial charge on any atom is -0.324 e. The second-order valence-electron chi connectivity index (χ2n) is 7.69. The molecule has 3 unspecified atom stereocenters. The predicted molar refractivity (Wildman–Crippen MR) is 107 cm³/mol. The summed E-state index contributed by atoms with van der Waals surface area (Å²) in [5.74, 6) is -1.68. The van der Waals surface area contributed by atoms with Crippen LogP contribution in [-0.2, 0) is 4.79 Å². The number of carbonyl (C=O) groups excluding carboxylic acids is 1. The molecule has 0 spiro atoms. The van der Waals surface area contributed by atoms with Crippen LogP contribution in [0, 0.1) is 17.8 Å². The van der Waals surface area contributed by atoms with Crippen molar-refractivity contribution in [3.63, 3.8) is 0 Å². The van der Waals surface area contributed by atoms with Crippen molar-refractivity contribution in [2.24, 2.45) is 17.8 Å². The Balaban J connectivity index is 1.56. The van der Waals surface area contributed by atoms with E-state index in [-0.39, 0.29) is 16.9 Å². The van der Waals surface area contributed by atoms with E-state index in [1.165, 1.54) is 0 Å². The van der Waals surface area contributed by atoms with Gasteiger partial charge in [0.1, 0.15) is 17.2 Å². The summed E-state index contributed by atoms with van der Waals surface area (Å²) in [5, 5.41) is 3.10. The topological polar surface area (TPSA) is 32.3 Å². The summed E-state index contributed by atoms with van der Waals surface area (Å²) in [4.78, 5) is 15.2. The Morgan fingerprint density at radius 1 is 1.36 bits per heavy atom. The molecule has 3 atom stereocenters. The number of allylic oxidation sites excluding steroid dienone is 4. The zero-order valence-electron chi connectivity index (χ0n) is 15.1. The Labute approximate surface area is 172 Å². The van der Waals surface area contributed by atoms with E-state index in [1.54, 1.807) is 24.3 Å². The van der Waals surface area contributed by atoms with Crippen LogP contribution in [0.1, 0.15) is 12.8 Å². The van der Waals surface area contributed by atoms with E-state index in [1.807, 2.05) is 0 Å². The van der Waals surface area contributed by atoms with Crippen LogP contribution in [0.15, 0.2) is 59.7 Å². The number of rotatable bonds is 7. The number of nitrogens with one attached hydrogen (secondary N) is 1. The highest BCUT2D eigenvalue weighted by molar-refractivity contribution is 6.31. The first-order valence-corrected chi connectivity index (χ1v) is 9.99. The number of nitrogens with zero attached hydrogens (tertiary/aromatic N) is 1. The molecule has 28 heavy (non-hydrogen) atoms. The number of hydrogen-bond acceptors (Lipinski definition) is 2. The summed E-state index contributed by atoms with van der Waals surface area (Å²) in [6.07, 6.45) is 4.29. The van der Waals surface area contributed by atoms with E-state index in [0.717, 1.165) is 31.5 Å². The van der Waals surface area contributed by atoms with Crippen LogP contribution < -0.4 is 5.32 Å². The van der Waals surface area contributed by atoms with E-state index in [0.29, 0.717) is 23.2 Å². The highest BCUT2D eigenvalue weighted by atomic mass is 35.5. The van der Waals surface area contributed by atoms with Crippen molar-refractivity contribution in [2.45, 2.75) is 18.4 Å². The molecule has 3 fully saturated rings. The molecule has 0 aromatic heterocycles. The maximum absolute atomic E-state index is 14.8. The van der Waals surface area contributed by atoms with E-state index in [4.69, 9.17) is 23.2 Å². The van der Waals surface area contributed by atoms with Crippen molar-refractivity contribution < 1.29 is 13.6 Å². The van der Waals surface area contributed by atoms with Gasteiger partial charge in [-0.1, -0.05) is 35.8 Å². The summed E-state index contributed by atoms with van der Waals surface area (Å²) in [7, 11) is 0. The van der Waals surface area contributed by atoms with Crippen LogP contribution >= 0.6 is 23.2 Å². The Morgan fingerprint density at radius 2 is 2.11 bits per heavy atom. The second-order valence-corrected chi connectivity index (χ2v) is 8.59. The largest absolute Gasteiger partial charge is 0.324 e. The zero-order chi connectivity index (χ0) is 20.1. The van der Waals surface area contributed by atoms with Gasteiger partial charge < -0.3 is 5.32 Å². The van der Waals surface area contributed by atoms with Gasteiger partial charge in [0.15, 0.2) is 0 Å². The van der Waals surface area contributed by atoms with Crippen molar-refractivity contribution in [1.29, 1.82) is 0 Å². The summed E-state index contributed by atoms with van der Waals surface area (Å²) in [5.41, 5.74) is -0.336. The van der Waals surface area contributed by atoms with Gasteiger partial charge in [0.05, 0.1) is 5.03 Å². The molecule has 4 rings (SSSR count). The SMILES string of the molecule is C=C(Cl)/C(F)=C\C=C(/F)C1C2CN(CC3CC3)C21C(=O)Nc1cccc(Cl)c1. The summed E-state index contributed by atoms with van der Waals surface area (Å²) < 4.78 is 28.4. The third kappa shape index (κ3) is 3.40. The molecule has 2 saturated carbocycles. The first kappa shape index (κ1) is 19.6. The maximum Gasteiger partial charge on any atom is 0.246 e. The minimum atomic E-state index is -0.909. The first-order valence-electron chi connectivity index (χ1n) is 9.23. The van der Waals surface area contributed by atoms with Crippen molar-refractivity contribution in [3.8, 4) is 0 Å². The normalized spacial score (nSPS) is 29.7. The fraction of sp³-hybridized carbons (Fsp3) is 0.381. The number of fused-ring (bicyclic) bond motifs is 1. The highest BCUT2D eigenvalue weighted by Gasteiger charge is 2.81. The Kier molecular flexibility index (Phi) is 5.10. The van der Waals surface area contributed by atoms with Crippen LogP contribution in [0.4, 0.5) is 14.5 Å². The highest BCUT2D eigenvalue weighted by Crippen LogP contribution is 2.67. The lowest BCUT2D eigenvalue weighted by Gasteiger charge is -2.39. The Morgan fingerprint density at radius 3 is 2.75 bits per heavy atom. The molecular weight excluding hydrogens is 405 g/mol. The maximum atomic E-state index is 14.8. The average molecular weight is 425 g/mol. The lowest BCUT2D eigenvalue weighted by Crippen LogP contribution is -2.58. The summed E-state index contributed by atoms with van der Waals surface area (Å²) in [6, 6.07) is 6.86. The number of hydrogen-bond donors (Lipinski definition) is 1. The molecule has 3 nitrogen and oxygen atoms in total. The van der Waals surface area contributed by atoms with Crippen LogP contribution in [0.2, 0.25) is 5.02 Å². The molecule has 0 bridgehead atoms. The number of anilines is 1. The van der Waals surface area contributed by atoms with E-state index >= 15 is 0 Å². The van der Waals surface area contributed by atoms with Gasteiger partial charge in [0, 0.05) is 35.6 Å². The van der Waals surface area contributed by atoms with Crippen molar-refractivity contribution in [1.82, 2.24) is 4.90 Å². The molecule has 1 saturated heterocycles. The zero-order valence-corrected chi connectivity index (χ0v) is 16.6. The van der Waals surface area contributed by atoms with Crippen LogP contribution in [-0.4, -0.2) is 29.4 Å². The Hall–Kier alpha value is -1.69. The van der Waals surface area contributed by atoms with Crippen LogP contribution in [0.25, 0.3) is 0 Å². The number of benzene rings is 1. The third-order valence-electron chi connectivity index (χ3n) is 5.84. The summed E-state index contributed by atoms with van der Waals surface area (Å²) in [6.45, 7) is 4.72. The standard InChI is InChI=1S/C21H20Cl2F2N2O/c1-12(22)17(24)7-8-18(25)19-16-11-27(10-13-5-6-13)21(16,19)20(28)26-15-4-2-3-14(23)9-15/h2-4,7-9,13,16,19H,1,5-6,10-11H2,(H,26,28)/b17-7+,18-8-. The quantitative estimate of drug-likeness (QED) is 0.590. The van der Waals surface area contributed by atoms with Gasteiger partial charge in [-0.25, -0.2) is 8.78 Å². The number of amides is 1. The Bertz CT molecular complexity index is 896. The molecule has 1 heterocycles. The fourth-order valence-electron chi connectivity index (χ4n) is 4.23. The van der Waals surface area contributed by atoms with E-state index in [2.05, 4.69) is 16.8 Å². The van der Waals surface area contributed by atoms with Gasteiger partial charge in [-0.2, -0.15) is 0 Å². The monoisotopic (exact) mass is 424 g/mol. The second kappa shape index (κ2) is 7.29. The molecule has 1 aliphatic heterocycles. The van der Waals surface area contributed by atoms with Gasteiger partial charge in [0.2, 0.25) is 5.91 Å². The van der Waals surface area contributed by atoms with Gasteiger partial charge in [0.25, 0.3) is 0 Å². The van der Waals surface area contributed by atoms with Gasteiger partial charge >= 0.3 is 0 Å². The van der Waals surface area contributed by atoms with E-state index in [9.17, 15) is 13.6 Å². The third-order valence-corrected chi connectivity index (χ3v) is 6.26. The number of carbonyl (C=O) groups is 1. The molecule has 1 aromatic carbocycles. The molecule has 0 radical (unpaired) electrons. The first-order chi connectivity index (χ1) is 13.3. The lowest BCUT2D eigenvalue weighted by atomic mass is 10.00. The van der Waals surface area contributed by atoms with Crippen molar-refractivity contribution in [3.05, 3.63) is 64.7 Å². The molecule has 1 aromatic rings.